The van der Waals surface area contributed by atoms with E-state index in [1.807, 2.05) is 24.3 Å². The van der Waals surface area contributed by atoms with Gasteiger partial charge in [0.2, 0.25) is 0 Å². The highest BCUT2D eigenvalue weighted by Crippen LogP contribution is 1.93. The third-order valence-corrected chi connectivity index (χ3v) is 1.73. The third kappa shape index (κ3) is 4.16. The molecule has 78 valence electrons. The molecule has 3 nitrogen and oxygen atoms in total. The van der Waals surface area contributed by atoms with E-state index in [2.05, 4.69) is 0 Å². The number of hydrogen-bond acceptors (Lipinski definition) is 3. The van der Waals surface area contributed by atoms with Crippen molar-refractivity contribution in [2.75, 3.05) is 0 Å². The van der Waals surface area contributed by atoms with Gasteiger partial charge in [0.05, 0.1) is 11.6 Å². The average molecular weight is 211 g/mol. The normalized spacial score (nSPS) is 12.7. The Hall–Kier alpha value is -2.47. The van der Waals surface area contributed by atoms with Gasteiger partial charge < -0.3 is 0 Å². The summed E-state index contributed by atoms with van der Waals surface area (Å²) >= 11 is 0. The first-order valence-electron chi connectivity index (χ1n) is 4.61. The fourth-order valence-corrected chi connectivity index (χ4v) is 0.952. The van der Waals surface area contributed by atoms with Crippen molar-refractivity contribution >= 4 is 11.6 Å². The highest BCUT2D eigenvalue weighted by molar-refractivity contribution is 6.14. The molecule has 0 bridgehead atoms. The SMILES string of the molecule is N#Cc1ccccc1.O=C1C=CC(=O)C=C1. The molecule has 0 heterocycles. The van der Waals surface area contributed by atoms with Crippen LogP contribution in [0.5, 0.6) is 0 Å². The van der Waals surface area contributed by atoms with Gasteiger partial charge in [-0.05, 0) is 36.4 Å². The standard InChI is InChI=1S/C7H5N.C6H4O2/c8-6-7-4-2-1-3-5-7;7-5-1-2-6(8)4-3-5/h1-5H;1-4H. The number of allylic oxidation sites excluding steroid dienone is 4. The van der Waals surface area contributed by atoms with Crippen LogP contribution >= 0.6 is 0 Å². The number of rotatable bonds is 0. The molecule has 16 heavy (non-hydrogen) atoms. The molecule has 0 saturated heterocycles. The van der Waals surface area contributed by atoms with Crippen LogP contribution in [0, 0.1) is 11.3 Å². The molecule has 0 radical (unpaired) electrons. The Kier molecular flexibility index (Phi) is 4.42. The Morgan fingerprint density at radius 1 is 0.812 bits per heavy atom. The van der Waals surface area contributed by atoms with Crippen molar-refractivity contribution in [1.82, 2.24) is 0 Å². The quantitative estimate of drug-likeness (QED) is 0.615. The molecule has 0 spiro atoms. The smallest absolute Gasteiger partial charge is 0.178 e. The lowest BCUT2D eigenvalue weighted by atomic mass is 10.2. The monoisotopic (exact) mass is 211 g/mol. The van der Waals surface area contributed by atoms with E-state index in [1.165, 1.54) is 24.3 Å². The predicted molar refractivity (Wildman–Crippen MR) is 59.5 cm³/mol. The van der Waals surface area contributed by atoms with E-state index in [4.69, 9.17) is 5.26 Å². The second-order valence-corrected chi connectivity index (χ2v) is 2.95. The third-order valence-electron chi connectivity index (χ3n) is 1.73. The number of nitrogens with zero attached hydrogens (tertiary/aromatic N) is 1. The molecule has 1 aromatic carbocycles. The Balaban J connectivity index is 0.000000160. The fourth-order valence-electron chi connectivity index (χ4n) is 0.952. The number of carbonyl (C=O) groups excluding carboxylic acids is 2. The zero-order valence-corrected chi connectivity index (χ0v) is 8.46. The van der Waals surface area contributed by atoms with Crippen LogP contribution in [0.25, 0.3) is 0 Å². The van der Waals surface area contributed by atoms with Crippen LogP contribution in [0.15, 0.2) is 54.6 Å². The van der Waals surface area contributed by atoms with Crippen molar-refractivity contribution in [3.8, 4) is 6.07 Å². The van der Waals surface area contributed by atoms with Gasteiger partial charge >= 0.3 is 0 Å². The Labute approximate surface area is 93.3 Å². The second kappa shape index (κ2) is 6.10. The maximum atomic E-state index is 10.3. The van der Waals surface area contributed by atoms with Crippen LogP contribution in [0.1, 0.15) is 5.56 Å². The molecule has 3 heteroatoms. The summed E-state index contributed by atoms with van der Waals surface area (Å²) in [6.07, 6.45) is 5.01. The molecule has 0 saturated carbocycles. The molecule has 0 aromatic heterocycles. The van der Waals surface area contributed by atoms with Crippen molar-refractivity contribution in [2.24, 2.45) is 0 Å². The molecule has 0 aliphatic heterocycles. The first kappa shape index (κ1) is 11.6. The summed E-state index contributed by atoms with van der Waals surface area (Å²) in [5.41, 5.74) is 0.715. The molecule has 1 aliphatic carbocycles. The lowest BCUT2D eigenvalue weighted by Gasteiger charge is -1.87. The van der Waals surface area contributed by atoms with Crippen LogP contribution in [0.3, 0.4) is 0 Å². The van der Waals surface area contributed by atoms with E-state index in [0.29, 0.717) is 5.56 Å². The molecular formula is C13H9NO2. The Morgan fingerprint density at radius 3 is 1.56 bits per heavy atom. The van der Waals surface area contributed by atoms with Gasteiger partial charge in [0.15, 0.2) is 11.6 Å². The summed E-state index contributed by atoms with van der Waals surface area (Å²) in [6.45, 7) is 0. The van der Waals surface area contributed by atoms with Gasteiger partial charge in [-0.3, -0.25) is 9.59 Å². The number of nitriles is 1. The zero-order chi connectivity index (χ0) is 11.8. The van der Waals surface area contributed by atoms with Crippen LogP contribution in [0.4, 0.5) is 0 Å². The van der Waals surface area contributed by atoms with Gasteiger partial charge in [-0.15, -0.1) is 0 Å². The topological polar surface area (TPSA) is 57.9 Å². The Bertz CT molecular complexity index is 440. The van der Waals surface area contributed by atoms with E-state index in [1.54, 1.807) is 12.1 Å². The zero-order valence-electron chi connectivity index (χ0n) is 8.46. The molecule has 0 N–H and O–H groups in total. The summed E-state index contributed by atoms with van der Waals surface area (Å²) in [7, 11) is 0. The summed E-state index contributed by atoms with van der Waals surface area (Å²) < 4.78 is 0. The summed E-state index contributed by atoms with van der Waals surface area (Å²) in [4.78, 5) is 20.6. The van der Waals surface area contributed by atoms with Gasteiger partial charge in [-0.1, -0.05) is 18.2 Å². The number of benzene rings is 1. The molecule has 1 aromatic rings. The predicted octanol–water partition coefficient (Wildman–Crippen LogP) is 1.81. The number of hydrogen-bond donors (Lipinski definition) is 0. The fraction of sp³-hybridized carbons (Fsp3) is 0. The largest absolute Gasteiger partial charge is 0.290 e. The second-order valence-electron chi connectivity index (χ2n) is 2.95. The van der Waals surface area contributed by atoms with Crippen molar-refractivity contribution in [3.63, 3.8) is 0 Å². The van der Waals surface area contributed by atoms with Gasteiger partial charge in [0.1, 0.15) is 0 Å². The van der Waals surface area contributed by atoms with E-state index in [0.717, 1.165) is 0 Å². The summed E-state index contributed by atoms with van der Waals surface area (Å²) in [6, 6.07) is 11.2. The minimum Gasteiger partial charge on any atom is -0.290 e. The molecular weight excluding hydrogens is 202 g/mol. The minimum atomic E-state index is -0.121. The molecule has 0 amide bonds. The van der Waals surface area contributed by atoms with Gasteiger partial charge in [0, 0.05) is 0 Å². The van der Waals surface area contributed by atoms with E-state index >= 15 is 0 Å². The van der Waals surface area contributed by atoms with Crippen molar-refractivity contribution in [1.29, 1.82) is 5.26 Å². The highest BCUT2D eigenvalue weighted by Gasteiger charge is 1.97. The lowest BCUT2D eigenvalue weighted by molar-refractivity contribution is -0.113. The maximum absolute atomic E-state index is 10.3. The van der Waals surface area contributed by atoms with Crippen molar-refractivity contribution in [3.05, 3.63) is 60.2 Å². The molecule has 0 atom stereocenters. The molecule has 0 fully saturated rings. The number of ketones is 2. The summed E-state index contributed by atoms with van der Waals surface area (Å²) in [5, 5.41) is 8.29. The first-order chi connectivity index (χ1) is 7.72. The van der Waals surface area contributed by atoms with Crippen molar-refractivity contribution in [2.45, 2.75) is 0 Å². The van der Waals surface area contributed by atoms with E-state index in [9.17, 15) is 9.59 Å². The Morgan fingerprint density at radius 2 is 1.25 bits per heavy atom. The lowest BCUT2D eigenvalue weighted by Crippen LogP contribution is -1.97. The maximum Gasteiger partial charge on any atom is 0.178 e. The van der Waals surface area contributed by atoms with Crippen LogP contribution in [-0.2, 0) is 9.59 Å². The van der Waals surface area contributed by atoms with Gasteiger partial charge in [-0.2, -0.15) is 5.26 Å². The van der Waals surface area contributed by atoms with E-state index in [-0.39, 0.29) is 11.6 Å². The molecule has 0 unspecified atom stereocenters. The van der Waals surface area contributed by atoms with Crippen LogP contribution < -0.4 is 0 Å². The van der Waals surface area contributed by atoms with Crippen LogP contribution in [-0.4, -0.2) is 11.6 Å². The molecule has 2 rings (SSSR count). The highest BCUT2D eigenvalue weighted by atomic mass is 16.1. The first-order valence-corrected chi connectivity index (χ1v) is 4.61. The molecule has 1 aliphatic rings. The van der Waals surface area contributed by atoms with E-state index < -0.39 is 0 Å². The van der Waals surface area contributed by atoms with Crippen LogP contribution in [0.2, 0.25) is 0 Å². The van der Waals surface area contributed by atoms with Gasteiger partial charge in [-0.25, -0.2) is 0 Å². The van der Waals surface area contributed by atoms with Gasteiger partial charge in [0.25, 0.3) is 0 Å². The van der Waals surface area contributed by atoms with Crippen molar-refractivity contribution < 1.29 is 9.59 Å². The average Bonchev–Trinajstić information content (AvgIpc) is 2.35. The minimum absolute atomic E-state index is 0.121. The number of carbonyl (C=O) groups is 2. The summed E-state index contributed by atoms with van der Waals surface area (Å²) in [5.74, 6) is -0.241.